The zero-order valence-corrected chi connectivity index (χ0v) is 18.7. The van der Waals surface area contributed by atoms with Crippen LogP contribution >= 0.6 is 0 Å². The number of carbonyl (C=O) groups is 2. The van der Waals surface area contributed by atoms with Crippen molar-refractivity contribution in [1.82, 2.24) is 10.2 Å². The molecule has 0 radical (unpaired) electrons. The van der Waals surface area contributed by atoms with E-state index in [1.54, 1.807) is 6.07 Å². The Labute approximate surface area is 192 Å². The molecule has 33 heavy (non-hydrogen) atoms. The Kier molecular flexibility index (Phi) is 8.13. The number of hydrogen-bond acceptors (Lipinski definition) is 4. The van der Waals surface area contributed by atoms with Crippen LogP contribution in [0.4, 0.5) is 18.9 Å². The van der Waals surface area contributed by atoms with E-state index in [1.165, 1.54) is 11.0 Å². The van der Waals surface area contributed by atoms with Crippen molar-refractivity contribution in [2.75, 3.05) is 18.8 Å². The van der Waals surface area contributed by atoms with E-state index in [4.69, 9.17) is 5.73 Å². The Bertz CT molecular complexity index is 963. The fourth-order valence-corrected chi connectivity index (χ4v) is 4.20. The van der Waals surface area contributed by atoms with Gasteiger partial charge in [0.15, 0.2) is 0 Å². The molecule has 8 heteroatoms. The van der Waals surface area contributed by atoms with Crippen molar-refractivity contribution in [2.45, 2.75) is 57.2 Å². The molecule has 1 saturated heterocycles. The second-order valence-corrected chi connectivity index (χ2v) is 8.42. The first kappa shape index (κ1) is 24.8. The summed E-state index contributed by atoms with van der Waals surface area (Å²) in [5.41, 5.74) is 5.86. The number of carbonyl (C=O) groups excluding carboxylic acids is 2. The Morgan fingerprint density at radius 2 is 1.88 bits per heavy atom. The van der Waals surface area contributed by atoms with Crippen LogP contribution in [-0.4, -0.2) is 35.8 Å². The molecule has 2 atom stereocenters. The van der Waals surface area contributed by atoms with Crippen LogP contribution in [0, 0.1) is 0 Å². The largest absolute Gasteiger partial charge is 0.418 e. The van der Waals surface area contributed by atoms with Gasteiger partial charge in [-0.05, 0) is 55.5 Å². The molecule has 1 aliphatic heterocycles. The van der Waals surface area contributed by atoms with Gasteiger partial charge in [-0.1, -0.05) is 43.3 Å². The predicted octanol–water partition coefficient (Wildman–Crippen LogP) is 4.52. The monoisotopic (exact) mass is 461 g/mol. The molecular formula is C25H30F3N3O2. The second-order valence-electron chi connectivity index (χ2n) is 8.42. The lowest BCUT2D eigenvalue weighted by atomic mass is 9.98. The molecule has 0 bridgehead atoms. The molecule has 0 aromatic heterocycles. The van der Waals surface area contributed by atoms with Crippen LogP contribution in [-0.2, 0) is 22.2 Å². The smallest absolute Gasteiger partial charge is 0.398 e. The van der Waals surface area contributed by atoms with E-state index in [0.29, 0.717) is 37.9 Å². The van der Waals surface area contributed by atoms with Crippen molar-refractivity contribution in [3.05, 3.63) is 65.2 Å². The minimum atomic E-state index is -4.47. The summed E-state index contributed by atoms with van der Waals surface area (Å²) in [7, 11) is 0. The van der Waals surface area contributed by atoms with Crippen LogP contribution in [0.3, 0.4) is 0 Å². The third kappa shape index (κ3) is 6.35. The fraction of sp³-hybridized carbons (Fsp3) is 0.440. The number of hydrogen-bond donors (Lipinski definition) is 2. The average molecular weight is 462 g/mol. The SMILES string of the molecule is CCC(CCc1ccc(N)c(C(F)(F)F)c1)NCCCN1C(=O)CC(c2ccccc2)C1=O. The highest BCUT2D eigenvalue weighted by Crippen LogP contribution is 2.34. The van der Waals surface area contributed by atoms with Gasteiger partial charge in [0, 0.05) is 24.7 Å². The van der Waals surface area contributed by atoms with Crippen LogP contribution in [0.5, 0.6) is 0 Å². The molecule has 2 aromatic carbocycles. The first-order chi connectivity index (χ1) is 15.7. The summed E-state index contributed by atoms with van der Waals surface area (Å²) in [4.78, 5) is 26.3. The molecule has 0 aliphatic carbocycles. The van der Waals surface area contributed by atoms with Gasteiger partial charge in [0.1, 0.15) is 0 Å². The van der Waals surface area contributed by atoms with Crippen molar-refractivity contribution in [3.8, 4) is 0 Å². The highest BCUT2D eigenvalue weighted by molar-refractivity contribution is 6.06. The molecule has 1 aliphatic rings. The van der Waals surface area contributed by atoms with E-state index in [2.05, 4.69) is 5.32 Å². The number of amides is 2. The molecule has 1 fully saturated rings. The first-order valence-electron chi connectivity index (χ1n) is 11.3. The summed E-state index contributed by atoms with van der Waals surface area (Å²) >= 11 is 0. The molecule has 2 aromatic rings. The topological polar surface area (TPSA) is 75.4 Å². The number of alkyl halides is 3. The van der Waals surface area contributed by atoms with Gasteiger partial charge in [-0.25, -0.2) is 0 Å². The molecule has 178 valence electrons. The van der Waals surface area contributed by atoms with Crippen molar-refractivity contribution in [2.24, 2.45) is 0 Å². The van der Waals surface area contributed by atoms with Gasteiger partial charge < -0.3 is 11.1 Å². The van der Waals surface area contributed by atoms with E-state index < -0.39 is 17.7 Å². The van der Waals surface area contributed by atoms with Crippen molar-refractivity contribution < 1.29 is 22.8 Å². The van der Waals surface area contributed by atoms with Gasteiger partial charge in [0.2, 0.25) is 11.8 Å². The number of rotatable bonds is 10. The number of halogens is 3. The summed E-state index contributed by atoms with van der Waals surface area (Å²) in [6.07, 6.45) is -1.65. The maximum absolute atomic E-state index is 13.1. The highest BCUT2D eigenvalue weighted by atomic mass is 19.4. The zero-order chi connectivity index (χ0) is 24.0. The molecule has 3 rings (SSSR count). The van der Waals surface area contributed by atoms with Crippen molar-refractivity contribution in [1.29, 1.82) is 0 Å². The van der Waals surface area contributed by atoms with Gasteiger partial charge in [-0.3, -0.25) is 14.5 Å². The van der Waals surface area contributed by atoms with Gasteiger partial charge in [-0.15, -0.1) is 0 Å². The predicted molar refractivity (Wildman–Crippen MR) is 121 cm³/mol. The van der Waals surface area contributed by atoms with Crippen LogP contribution in [0.25, 0.3) is 0 Å². The molecule has 1 heterocycles. The maximum Gasteiger partial charge on any atom is 0.418 e. The fourth-order valence-electron chi connectivity index (χ4n) is 4.20. The molecule has 0 saturated carbocycles. The lowest BCUT2D eigenvalue weighted by Crippen LogP contribution is -2.35. The van der Waals surface area contributed by atoms with Crippen LogP contribution in [0.1, 0.15) is 55.2 Å². The first-order valence-corrected chi connectivity index (χ1v) is 11.3. The molecule has 5 nitrogen and oxygen atoms in total. The maximum atomic E-state index is 13.1. The van der Waals surface area contributed by atoms with E-state index in [9.17, 15) is 22.8 Å². The number of aryl methyl sites for hydroxylation is 1. The van der Waals surface area contributed by atoms with Crippen molar-refractivity contribution in [3.63, 3.8) is 0 Å². The Morgan fingerprint density at radius 3 is 2.55 bits per heavy atom. The summed E-state index contributed by atoms with van der Waals surface area (Å²) in [6.45, 7) is 2.98. The number of benzene rings is 2. The van der Waals surface area contributed by atoms with Gasteiger partial charge in [-0.2, -0.15) is 13.2 Å². The molecule has 3 N–H and O–H groups in total. The van der Waals surface area contributed by atoms with Gasteiger partial charge >= 0.3 is 6.18 Å². The number of imide groups is 1. The van der Waals surface area contributed by atoms with Crippen molar-refractivity contribution >= 4 is 17.5 Å². The number of nitrogen functional groups attached to an aromatic ring is 1. The normalized spacial score (nSPS) is 17.6. The highest BCUT2D eigenvalue weighted by Gasteiger charge is 2.38. The molecular weight excluding hydrogens is 431 g/mol. The summed E-state index contributed by atoms with van der Waals surface area (Å²) < 4.78 is 39.2. The Hall–Kier alpha value is -2.87. The van der Waals surface area contributed by atoms with Crippen LogP contribution < -0.4 is 11.1 Å². The van der Waals surface area contributed by atoms with E-state index in [1.807, 2.05) is 37.3 Å². The third-order valence-electron chi connectivity index (χ3n) is 6.13. The van der Waals surface area contributed by atoms with E-state index >= 15 is 0 Å². The zero-order valence-electron chi connectivity index (χ0n) is 18.7. The summed E-state index contributed by atoms with van der Waals surface area (Å²) in [6, 6.07) is 13.5. The number of nitrogens with zero attached hydrogens (tertiary/aromatic N) is 1. The molecule has 2 unspecified atom stereocenters. The van der Waals surface area contributed by atoms with Gasteiger partial charge in [0.25, 0.3) is 0 Å². The Balaban J connectivity index is 1.45. The average Bonchev–Trinajstić information content (AvgIpc) is 3.07. The summed E-state index contributed by atoms with van der Waals surface area (Å²) in [5.74, 6) is -0.705. The number of nitrogens with one attached hydrogen (secondary N) is 1. The standard InChI is InChI=1S/C25H30F3N3O2/c1-2-19(11-9-17-10-12-22(29)21(15-17)25(26,27)28)30-13-6-14-31-23(32)16-20(24(31)33)18-7-4-3-5-8-18/h3-5,7-8,10,12,15,19-20,30H,2,6,9,11,13-14,16,29H2,1H3. The minimum absolute atomic E-state index is 0.124. The minimum Gasteiger partial charge on any atom is -0.398 e. The lowest BCUT2D eigenvalue weighted by Gasteiger charge is -2.19. The second kappa shape index (κ2) is 10.8. The van der Waals surface area contributed by atoms with E-state index in [-0.39, 0.29) is 30.0 Å². The number of likely N-dealkylation sites (tertiary alicyclic amines) is 1. The lowest BCUT2D eigenvalue weighted by molar-refractivity contribution is -0.139. The Morgan fingerprint density at radius 1 is 1.15 bits per heavy atom. The van der Waals surface area contributed by atoms with E-state index in [0.717, 1.165) is 18.1 Å². The third-order valence-corrected chi connectivity index (χ3v) is 6.13. The number of nitrogens with two attached hydrogens (primary N) is 1. The number of anilines is 1. The summed E-state index contributed by atoms with van der Waals surface area (Å²) in [5, 5.41) is 3.40. The molecule has 0 spiro atoms. The molecule has 2 amide bonds. The van der Waals surface area contributed by atoms with Gasteiger partial charge in [0.05, 0.1) is 11.5 Å². The quantitative estimate of drug-likeness (QED) is 0.310. The van der Waals surface area contributed by atoms with Crippen LogP contribution in [0.2, 0.25) is 0 Å². The van der Waals surface area contributed by atoms with Crippen LogP contribution in [0.15, 0.2) is 48.5 Å².